The van der Waals surface area contributed by atoms with Crippen molar-refractivity contribution in [2.75, 3.05) is 13.1 Å². The Kier molecular flexibility index (Phi) is 4.26. The van der Waals surface area contributed by atoms with Crippen LogP contribution in [0.25, 0.3) is 11.0 Å². The monoisotopic (exact) mass is 353 g/mol. The van der Waals surface area contributed by atoms with Crippen LogP contribution in [0.15, 0.2) is 27.3 Å². The molecule has 3 heterocycles. The van der Waals surface area contributed by atoms with Gasteiger partial charge in [0.15, 0.2) is 5.82 Å². The average Bonchev–Trinajstić information content (AvgIpc) is 3.22. The first-order valence-electron chi connectivity index (χ1n) is 9.06. The summed E-state index contributed by atoms with van der Waals surface area (Å²) in [6.07, 6.45) is 3.81. The quantitative estimate of drug-likeness (QED) is 0.718. The van der Waals surface area contributed by atoms with Crippen LogP contribution in [0.4, 0.5) is 0 Å². The molecule has 0 spiro atoms. The highest BCUT2D eigenvalue weighted by Crippen LogP contribution is 2.28. The van der Waals surface area contributed by atoms with Gasteiger partial charge in [-0.1, -0.05) is 5.16 Å². The van der Waals surface area contributed by atoms with Crippen molar-refractivity contribution >= 4 is 16.9 Å². The summed E-state index contributed by atoms with van der Waals surface area (Å²) in [6.45, 7) is 7.41. The maximum atomic E-state index is 12.7. The average molecular weight is 353 g/mol. The summed E-state index contributed by atoms with van der Waals surface area (Å²) in [7, 11) is 0. The molecule has 0 N–H and O–H groups in total. The Balaban J connectivity index is 1.42. The molecule has 1 aliphatic heterocycles. The molecular formula is C20H23N3O3. The summed E-state index contributed by atoms with van der Waals surface area (Å²) in [5.41, 5.74) is 4.22. The number of amides is 1. The van der Waals surface area contributed by atoms with Crippen molar-refractivity contribution in [3.05, 3.63) is 46.8 Å². The molecule has 136 valence electrons. The second kappa shape index (κ2) is 6.59. The van der Waals surface area contributed by atoms with Gasteiger partial charge in [0.2, 0.25) is 11.8 Å². The van der Waals surface area contributed by atoms with E-state index >= 15 is 0 Å². The molecule has 1 fully saturated rings. The number of aryl methyl sites for hydroxylation is 3. The van der Waals surface area contributed by atoms with Crippen LogP contribution in [0.5, 0.6) is 0 Å². The maximum absolute atomic E-state index is 12.7. The fourth-order valence-corrected chi connectivity index (χ4v) is 3.60. The van der Waals surface area contributed by atoms with Crippen molar-refractivity contribution in [3.63, 3.8) is 0 Å². The van der Waals surface area contributed by atoms with Gasteiger partial charge in [0, 0.05) is 30.0 Å². The van der Waals surface area contributed by atoms with Crippen LogP contribution in [0.3, 0.4) is 0 Å². The number of furan rings is 1. The van der Waals surface area contributed by atoms with Gasteiger partial charge in [-0.2, -0.15) is 4.98 Å². The molecule has 0 aliphatic carbocycles. The fraction of sp³-hybridized carbons (Fsp3) is 0.450. The number of nitrogens with zero attached hydrogens (tertiary/aromatic N) is 3. The number of fused-ring (bicyclic) bond motifs is 1. The molecule has 3 aromatic rings. The SMILES string of the molecule is Cc1noc(C2CCN(C(=O)Cc3coc4cc(C)c(C)cc34)CC2)n1. The molecule has 6 nitrogen and oxygen atoms in total. The van der Waals surface area contributed by atoms with Crippen LogP contribution < -0.4 is 0 Å². The van der Waals surface area contributed by atoms with Gasteiger partial charge in [-0.3, -0.25) is 4.79 Å². The highest BCUT2D eigenvalue weighted by molar-refractivity contribution is 5.88. The number of likely N-dealkylation sites (tertiary alicyclic amines) is 1. The van der Waals surface area contributed by atoms with E-state index in [0.29, 0.717) is 18.1 Å². The minimum Gasteiger partial charge on any atom is -0.464 e. The zero-order valence-corrected chi connectivity index (χ0v) is 15.4. The van der Waals surface area contributed by atoms with E-state index in [4.69, 9.17) is 8.94 Å². The van der Waals surface area contributed by atoms with Gasteiger partial charge in [0.1, 0.15) is 5.58 Å². The third-order valence-corrected chi connectivity index (χ3v) is 5.35. The molecule has 2 aromatic heterocycles. The summed E-state index contributed by atoms with van der Waals surface area (Å²) in [5.74, 6) is 1.75. The van der Waals surface area contributed by atoms with Crippen molar-refractivity contribution in [2.45, 2.75) is 46.0 Å². The predicted octanol–water partition coefficient (Wildman–Crippen LogP) is 3.69. The lowest BCUT2D eigenvalue weighted by atomic mass is 9.96. The minimum atomic E-state index is 0.145. The van der Waals surface area contributed by atoms with Gasteiger partial charge in [0.05, 0.1) is 12.7 Å². The van der Waals surface area contributed by atoms with E-state index < -0.39 is 0 Å². The van der Waals surface area contributed by atoms with Gasteiger partial charge < -0.3 is 13.8 Å². The van der Waals surface area contributed by atoms with Crippen LogP contribution in [0, 0.1) is 20.8 Å². The predicted molar refractivity (Wildman–Crippen MR) is 97.0 cm³/mol. The molecule has 1 aromatic carbocycles. The summed E-state index contributed by atoms with van der Waals surface area (Å²) in [5, 5.41) is 4.90. The van der Waals surface area contributed by atoms with Gasteiger partial charge in [0.25, 0.3) is 0 Å². The lowest BCUT2D eigenvalue weighted by Gasteiger charge is -2.30. The molecule has 0 radical (unpaired) electrons. The Hall–Kier alpha value is -2.63. The number of aromatic nitrogens is 2. The lowest BCUT2D eigenvalue weighted by Crippen LogP contribution is -2.38. The van der Waals surface area contributed by atoms with Crippen molar-refractivity contribution in [2.24, 2.45) is 0 Å². The summed E-state index contributed by atoms with van der Waals surface area (Å²) < 4.78 is 10.9. The van der Waals surface area contributed by atoms with E-state index in [0.717, 1.165) is 42.5 Å². The highest BCUT2D eigenvalue weighted by Gasteiger charge is 2.27. The molecule has 0 atom stereocenters. The number of carbonyl (C=O) groups is 1. The molecule has 26 heavy (non-hydrogen) atoms. The number of hydrogen-bond acceptors (Lipinski definition) is 5. The van der Waals surface area contributed by atoms with Crippen molar-refractivity contribution in [1.82, 2.24) is 15.0 Å². The zero-order valence-electron chi connectivity index (χ0n) is 15.4. The Bertz CT molecular complexity index is 949. The molecule has 6 heteroatoms. The minimum absolute atomic E-state index is 0.145. The van der Waals surface area contributed by atoms with Crippen molar-refractivity contribution < 1.29 is 13.7 Å². The standard InChI is InChI=1S/C20H23N3O3/c1-12-8-17-16(11-25-18(17)9-13(12)2)10-19(24)23-6-4-15(5-7-23)20-21-14(3)22-26-20/h8-9,11,15H,4-7,10H2,1-3H3. The lowest BCUT2D eigenvalue weighted by molar-refractivity contribution is -0.131. The largest absolute Gasteiger partial charge is 0.464 e. The normalized spacial score (nSPS) is 15.7. The van der Waals surface area contributed by atoms with Crippen LogP contribution in [0.1, 0.15) is 47.2 Å². The molecule has 0 bridgehead atoms. The van der Waals surface area contributed by atoms with Crippen LogP contribution in [0.2, 0.25) is 0 Å². The van der Waals surface area contributed by atoms with Crippen molar-refractivity contribution in [3.8, 4) is 0 Å². The molecule has 0 unspecified atom stereocenters. The molecule has 1 saturated heterocycles. The van der Waals surface area contributed by atoms with E-state index in [1.165, 1.54) is 11.1 Å². The second-order valence-corrected chi connectivity index (χ2v) is 7.21. The fourth-order valence-electron chi connectivity index (χ4n) is 3.60. The summed E-state index contributed by atoms with van der Waals surface area (Å²) in [4.78, 5) is 19.0. The van der Waals surface area contributed by atoms with E-state index in [2.05, 4.69) is 30.1 Å². The smallest absolute Gasteiger partial charge is 0.229 e. The van der Waals surface area contributed by atoms with E-state index in [-0.39, 0.29) is 11.8 Å². The molecule has 1 amide bonds. The third-order valence-electron chi connectivity index (χ3n) is 5.35. The first-order chi connectivity index (χ1) is 12.5. The Morgan fingerprint density at radius 3 is 2.62 bits per heavy atom. The van der Waals surface area contributed by atoms with Gasteiger partial charge >= 0.3 is 0 Å². The van der Waals surface area contributed by atoms with Gasteiger partial charge in [-0.15, -0.1) is 0 Å². The molecule has 4 rings (SSSR count). The van der Waals surface area contributed by atoms with Crippen LogP contribution in [-0.4, -0.2) is 34.0 Å². The number of hydrogen-bond donors (Lipinski definition) is 0. The second-order valence-electron chi connectivity index (χ2n) is 7.21. The Morgan fingerprint density at radius 2 is 1.92 bits per heavy atom. The van der Waals surface area contributed by atoms with Gasteiger partial charge in [-0.25, -0.2) is 0 Å². The van der Waals surface area contributed by atoms with Crippen LogP contribution in [-0.2, 0) is 11.2 Å². The summed E-state index contributed by atoms with van der Waals surface area (Å²) >= 11 is 0. The first kappa shape index (κ1) is 16.8. The Labute approximate surface area is 152 Å². The number of rotatable bonds is 3. The summed E-state index contributed by atoms with van der Waals surface area (Å²) in [6, 6.07) is 4.15. The topological polar surface area (TPSA) is 72.4 Å². The Morgan fingerprint density at radius 1 is 1.19 bits per heavy atom. The molecule has 1 aliphatic rings. The third kappa shape index (κ3) is 3.11. The van der Waals surface area contributed by atoms with Crippen molar-refractivity contribution in [1.29, 1.82) is 0 Å². The first-order valence-corrected chi connectivity index (χ1v) is 9.06. The highest BCUT2D eigenvalue weighted by atomic mass is 16.5. The number of piperidine rings is 1. The number of benzene rings is 1. The van der Waals surface area contributed by atoms with E-state index in [1.54, 1.807) is 6.26 Å². The van der Waals surface area contributed by atoms with E-state index in [1.807, 2.05) is 17.9 Å². The van der Waals surface area contributed by atoms with E-state index in [9.17, 15) is 4.79 Å². The maximum Gasteiger partial charge on any atom is 0.229 e. The zero-order chi connectivity index (χ0) is 18.3. The molecular weight excluding hydrogens is 330 g/mol. The molecule has 0 saturated carbocycles. The van der Waals surface area contributed by atoms with Gasteiger partial charge in [-0.05, 0) is 56.9 Å². The number of carbonyl (C=O) groups excluding carboxylic acids is 1. The van der Waals surface area contributed by atoms with Crippen LogP contribution >= 0.6 is 0 Å².